The Bertz CT molecular complexity index is 421. The maximum absolute atomic E-state index is 5.67. The van der Waals surface area contributed by atoms with Gasteiger partial charge in [-0.15, -0.1) is 0 Å². The molecular weight excluding hydrogens is 256 g/mol. The van der Waals surface area contributed by atoms with E-state index in [2.05, 4.69) is 24.8 Å². The highest BCUT2D eigenvalue weighted by Gasteiger charge is 2.09. The zero-order chi connectivity index (χ0) is 14.3. The van der Waals surface area contributed by atoms with Crippen LogP contribution in [0.15, 0.2) is 18.2 Å². The van der Waals surface area contributed by atoms with E-state index in [4.69, 9.17) is 22.7 Å². The van der Waals surface area contributed by atoms with E-state index in [1.165, 1.54) is 18.4 Å². The predicted molar refractivity (Wildman–Crippen MR) is 84.7 cm³/mol. The first kappa shape index (κ1) is 15.9. The van der Waals surface area contributed by atoms with E-state index in [-0.39, 0.29) is 0 Å². The Morgan fingerprint density at radius 1 is 1.37 bits per heavy atom. The number of unbranched alkanes of at least 4 members (excludes halogenated alkanes) is 1. The molecule has 0 saturated carbocycles. The van der Waals surface area contributed by atoms with Gasteiger partial charge in [-0.05, 0) is 37.2 Å². The molecule has 1 aromatic rings. The monoisotopic (exact) mass is 280 g/mol. The number of hydrogen-bond donors (Lipinski definition) is 1. The Balaban J connectivity index is 2.81. The summed E-state index contributed by atoms with van der Waals surface area (Å²) in [6.45, 7) is 7.53. The van der Waals surface area contributed by atoms with Crippen LogP contribution in [0.3, 0.4) is 0 Å². The van der Waals surface area contributed by atoms with Gasteiger partial charge in [-0.2, -0.15) is 0 Å². The maximum Gasteiger partial charge on any atom is 0.129 e. The van der Waals surface area contributed by atoms with E-state index in [1.807, 2.05) is 12.1 Å². The van der Waals surface area contributed by atoms with E-state index in [0.29, 0.717) is 4.99 Å². The summed E-state index contributed by atoms with van der Waals surface area (Å²) in [6.07, 6.45) is 2.45. The summed E-state index contributed by atoms with van der Waals surface area (Å²) in [6, 6.07) is 6.05. The predicted octanol–water partition coefficient (Wildman–Crippen LogP) is 2.95. The lowest BCUT2D eigenvalue weighted by Crippen LogP contribution is -2.24. The molecule has 0 aromatic heterocycles. The normalized spacial score (nSPS) is 10.7. The largest absolute Gasteiger partial charge is 0.496 e. The lowest BCUT2D eigenvalue weighted by Gasteiger charge is -2.20. The lowest BCUT2D eigenvalue weighted by atomic mass is 10.1. The van der Waals surface area contributed by atoms with Crippen LogP contribution in [-0.2, 0) is 6.54 Å². The molecule has 0 radical (unpaired) electrons. The van der Waals surface area contributed by atoms with Crippen molar-refractivity contribution in [2.75, 3.05) is 20.2 Å². The SMILES string of the molecule is CCCCN(CC)Cc1ccc(C(N)=S)c(OC)c1. The Labute approximate surface area is 121 Å². The van der Waals surface area contributed by atoms with Gasteiger partial charge >= 0.3 is 0 Å². The first-order chi connectivity index (χ1) is 9.12. The van der Waals surface area contributed by atoms with Gasteiger partial charge < -0.3 is 10.5 Å². The first-order valence-corrected chi connectivity index (χ1v) is 7.22. The smallest absolute Gasteiger partial charge is 0.129 e. The molecule has 4 heteroatoms. The van der Waals surface area contributed by atoms with Gasteiger partial charge in [0, 0.05) is 6.54 Å². The fourth-order valence-electron chi connectivity index (χ4n) is 2.03. The van der Waals surface area contributed by atoms with Crippen LogP contribution in [0, 0.1) is 0 Å². The van der Waals surface area contributed by atoms with E-state index in [1.54, 1.807) is 7.11 Å². The quantitative estimate of drug-likeness (QED) is 0.743. The van der Waals surface area contributed by atoms with Crippen molar-refractivity contribution in [3.63, 3.8) is 0 Å². The third kappa shape index (κ3) is 4.80. The van der Waals surface area contributed by atoms with Gasteiger partial charge in [-0.25, -0.2) is 0 Å². The minimum atomic E-state index is 0.377. The average molecular weight is 280 g/mol. The summed E-state index contributed by atoms with van der Waals surface area (Å²) >= 11 is 5.01. The van der Waals surface area contributed by atoms with Crippen LogP contribution in [0.4, 0.5) is 0 Å². The number of thiocarbonyl (C=S) groups is 1. The van der Waals surface area contributed by atoms with Crippen molar-refractivity contribution in [1.29, 1.82) is 0 Å². The van der Waals surface area contributed by atoms with Gasteiger partial charge in [-0.3, -0.25) is 4.90 Å². The minimum absolute atomic E-state index is 0.377. The standard InChI is InChI=1S/C15H24N2OS/c1-4-6-9-17(5-2)11-12-7-8-13(15(16)19)14(10-12)18-3/h7-8,10H,4-6,9,11H2,1-3H3,(H2,16,19). The molecule has 2 N–H and O–H groups in total. The fourth-order valence-corrected chi connectivity index (χ4v) is 2.20. The molecule has 1 rings (SSSR count). The number of methoxy groups -OCH3 is 1. The Morgan fingerprint density at radius 3 is 2.63 bits per heavy atom. The van der Waals surface area contributed by atoms with Crippen LogP contribution >= 0.6 is 12.2 Å². The van der Waals surface area contributed by atoms with Crippen LogP contribution in [0.1, 0.15) is 37.8 Å². The molecule has 1 aromatic carbocycles. The Kier molecular flexibility index (Phi) is 6.81. The molecule has 0 aliphatic rings. The number of hydrogen-bond acceptors (Lipinski definition) is 3. The van der Waals surface area contributed by atoms with Crippen molar-refractivity contribution < 1.29 is 4.74 Å². The van der Waals surface area contributed by atoms with E-state index >= 15 is 0 Å². The first-order valence-electron chi connectivity index (χ1n) is 6.81. The minimum Gasteiger partial charge on any atom is -0.496 e. The van der Waals surface area contributed by atoms with Gasteiger partial charge in [0.05, 0.1) is 12.7 Å². The van der Waals surface area contributed by atoms with E-state index < -0.39 is 0 Å². The molecule has 0 bridgehead atoms. The van der Waals surface area contributed by atoms with Gasteiger partial charge in [0.25, 0.3) is 0 Å². The molecule has 19 heavy (non-hydrogen) atoms. The molecule has 0 heterocycles. The van der Waals surface area contributed by atoms with Crippen LogP contribution in [0.5, 0.6) is 5.75 Å². The van der Waals surface area contributed by atoms with Gasteiger partial charge in [0.1, 0.15) is 10.7 Å². The number of benzene rings is 1. The molecule has 0 unspecified atom stereocenters. The number of nitrogens with zero attached hydrogens (tertiary/aromatic N) is 1. The fraction of sp³-hybridized carbons (Fsp3) is 0.533. The lowest BCUT2D eigenvalue weighted by molar-refractivity contribution is 0.275. The topological polar surface area (TPSA) is 38.5 Å². The summed E-state index contributed by atoms with van der Waals surface area (Å²) in [5.41, 5.74) is 7.71. The number of nitrogens with two attached hydrogens (primary N) is 1. The average Bonchev–Trinajstić information content (AvgIpc) is 2.42. The van der Waals surface area contributed by atoms with E-state index in [9.17, 15) is 0 Å². The zero-order valence-corrected chi connectivity index (χ0v) is 12.9. The summed E-state index contributed by atoms with van der Waals surface area (Å²) in [4.78, 5) is 2.81. The molecule has 106 valence electrons. The van der Waals surface area contributed by atoms with Crippen molar-refractivity contribution in [2.45, 2.75) is 33.2 Å². The second-order valence-corrected chi connectivity index (χ2v) is 5.06. The molecule has 0 amide bonds. The summed E-state index contributed by atoms with van der Waals surface area (Å²) in [7, 11) is 1.65. The molecule has 0 atom stereocenters. The second kappa shape index (κ2) is 8.12. The Hall–Kier alpha value is -1.13. The zero-order valence-electron chi connectivity index (χ0n) is 12.1. The molecule has 0 aliphatic carbocycles. The molecule has 0 spiro atoms. The Morgan fingerprint density at radius 2 is 2.11 bits per heavy atom. The number of ether oxygens (including phenoxy) is 1. The van der Waals surface area contributed by atoms with Crippen LogP contribution in [0.25, 0.3) is 0 Å². The highest BCUT2D eigenvalue weighted by molar-refractivity contribution is 7.80. The second-order valence-electron chi connectivity index (χ2n) is 4.62. The maximum atomic E-state index is 5.67. The van der Waals surface area contributed by atoms with Crippen LogP contribution < -0.4 is 10.5 Å². The van der Waals surface area contributed by atoms with Gasteiger partial charge in [0.2, 0.25) is 0 Å². The summed E-state index contributed by atoms with van der Waals surface area (Å²) in [5.74, 6) is 0.761. The van der Waals surface area contributed by atoms with Crippen molar-refractivity contribution in [1.82, 2.24) is 4.90 Å². The van der Waals surface area contributed by atoms with Gasteiger partial charge in [0.15, 0.2) is 0 Å². The molecule has 0 aliphatic heterocycles. The summed E-state index contributed by atoms with van der Waals surface area (Å²) < 4.78 is 5.36. The molecule has 0 fully saturated rings. The third-order valence-electron chi connectivity index (χ3n) is 3.21. The van der Waals surface area contributed by atoms with E-state index in [0.717, 1.165) is 30.9 Å². The van der Waals surface area contributed by atoms with Gasteiger partial charge in [-0.1, -0.05) is 38.6 Å². The molecule has 3 nitrogen and oxygen atoms in total. The third-order valence-corrected chi connectivity index (χ3v) is 3.43. The summed E-state index contributed by atoms with van der Waals surface area (Å²) in [5, 5.41) is 0. The van der Waals surface area contributed by atoms with Crippen LogP contribution in [0.2, 0.25) is 0 Å². The number of rotatable bonds is 8. The van der Waals surface area contributed by atoms with Crippen molar-refractivity contribution in [3.8, 4) is 5.75 Å². The van der Waals surface area contributed by atoms with Crippen molar-refractivity contribution in [3.05, 3.63) is 29.3 Å². The van der Waals surface area contributed by atoms with Crippen molar-refractivity contribution in [2.24, 2.45) is 5.73 Å². The molecule has 0 saturated heterocycles. The van der Waals surface area contributed by atoms with Crippen LogP contribution in [-0.4, -0.2) is 30.1 Å². The van der Waals surface area contributed by atoms with Crippen molar-refractivity contribution >= 4 is 17.2 Å². The highest BCUT2D eigenvalue weighted by atomic mass is 32.1. The highest BCUT2D eigenvalue weighted by Crippen LogP contribution is 2.21. The molecular formula is C15H24N2OS.